The molecular formula is C13H22N2. The van der Waals surface area contributed by atoms with Gasteiger partial charge in [0.2, 0.25) is 0 Å². The summed E-state index contributed by atoms with van der Waals surface area (Å²) in [6, 6.07) is 2.03. The Labute approximate surface area is 93.2 Å². The van der Waals surface area contributed by atoms with Crippen molar-refractivity contribution in [2.45, 2.75) is 52.9 Å². The van der Waals surface area contributed by atoms with Crippen molar-refractivity contribution in [2.24, 2.45) is 5.92 Å². The van der Waals surface area contributed by atoms with Crippen LogP contribution in [0.2, 0.25) is 0 Å². The van der Waals surface area contributed by atoms with E-state index in [4.69, 9.17) is 0 Å². The highest BCUT2D eigenvalue weighted by Gasteiger charge is 2.19. The second kappa shape index (κ2) is 4.30. The zero-order valence-corrected chi connectivity index (χ0v) is 10.7. The lowest BCUT2D eigenvalue weighted by molar-refractivity contribution is 0.500. The molecule has 0 amide bonds. The summed E-state index contributed by atoms with van der Waals surface area (Å²) in [5, 5.41) is 0. The van der Waals surface area contributed by atoms with E-state index in [1.54, 1.807) is 0 Å². The van der Waals surface area contributed by atoms with Crippen LogP contribution in [-0.4, -0.2) is 9.97 Å². The van der Waals surface area contributed by atoms with Gasteiger partial charge in [-0.25, -0.2) is 9.97 Å². The Kier molecular flexibility index (Phi) is 3.48. The topological polar surface area (TPSA) is 25.8 Å². The van der Waals surface area contributed by atoms with Gasteiger partial charge in [0.05, 0.1) is 0 Å². The van der Waals surface area contributed by atoms with Gasteiger partial charge in [0.25, 0.3) is 0 Å². The predicted octanol–water partition coefficient (Wildman–Crippen LogP) is 3.53. The van der Waals surface area contributed by atoms with Crippen LogP contribution in [0.4, 0.5) is 0 Å². The zero-order chi connectivity index (χ0) is 11.6. The summed E-state index contributed by atoms with van der Waals surface area (Å²) in [4.78, 5) is 9.00. The third-order valence-corrected chi connectivity index (χ3v) is 2.81. The molecule has 2 nitrogen and oxygen atoms in total. The third-order valence-electron chi connectivity index (χ3n) is 2.81. The van der Waals surface area contributed by atoms with E-state index in [0.717, 1.165) is 11.5 Å². The molecule has 15 heavy (non-hydrogen) atoms. The van der Waals surface area contributed by atoms with Crippen LogP contribution in [0, 0.1) is 5.92 Å². The Hall–Kier alpha value is -0.920. The maximum Gasteiger partial charge on any atom is 0.133 e. The van der Waals surface area contributed by atoms with E-state index in [0.29, 0.717) is 11.8 Å². The van der Waals surface area contributed by atoms with Gasteiger partial charge >= 0.3 is 0 Å². The first kappa shape index (κ1) is 12.2. The lowest BCUT2D eigenvalue weighted by Crippen LogP contribution is -2.18. The molecule has 1 rings (SSSR count). The Morgan fingerprint density at radius 2 is 1.73 bits per heavy atom. The Morgan fingerprint density at radius 3 is 2.20 bits per heavy atom. The minimum absolute atomic E-state index is 0.0344. The Bertz CT molecular complexity index is 324. The lowest BCUT2D eigenvalue weighted by atomic mass is 9.92. The molecule has 0 saturated carbocycles. The van der Waals surface area contributed by atoms with Gasteiger partial charge in [-0.2, -0.15) is 0 Å². The second-order valence-corrected chi connectivity index (χ2v) is 5.59. The largest absolute Gasteiger partial charge is 0.241 e. The molecule has 2 heteroatoms. The van der Waals surface area contributed by atoms with Gasteiger partial charge in [0.15, 0.2) is 0 Å². The molecule has 0 fully saturated rings. The van der Waals surface area contributed by atoms with E-state index in [9.17, 15) is 0 Å². The summed E-state index contributed by atoms with van der Waals surface area (Å²) in [5.74, 6) is 2.05. The normalized spacial score (nSPS) is 14.3. The average Bonchev–Trinajstić information content (AvgIpc) is 2.15. The summed E-state index contributed by atoms with van der Waals surface area (Å²) in [6.45, 7) is 13.1. The molecule has 1 aromatic heterocycles. The zero-order valence-electron chi connectivity index (χ0n) is 10.7. The number of rotatable bonds is 2. The van der Waals surface area contributed by atoms with Crippen LogP contribution in [0.25, 0.3) is 0 Å². The fourth-order valence-electron chi connectivity index (χ4n) is 1.33. The molecule has 1 unspecified atom stereocenters. The standard InChI is InChI=1S/C13H22N2/c1-9(2)10(3)11-7-8-14-12(15-11)13(4,5)6/h7-10H,1-6H3. The highest BCUT2D eigenvalue weighted by Crippen LogP contribution is 2.24. The number of aromatic nitrogens is 2. The van der Waals surface area contributed by atoms with Gasteiger partial charge in [-0.05, 0) is 12.0 Å². The molecule has 0 saturated heterocycles. The number of hydrogen-bond donors (Lipinski definition) is 0. The van der Waals surface area contributed by atoms with Crippen molar-refractivity contribution in [2.75, 3.05) is 0 Å². The maximum atomic E-state index is 4.65. The fraction of sp³-hybridized carbons (Fsp3) is 0.692. The first-order valence-electron chi connectivity index (χ1n) is 5.66. The molecule has 0 bridgehead atoms. The minimum Gasteiger partial charge on any atom is -0.241 e. The quantitative estimate of drug-likeness (QED) is 0.739. The fourth-order valence-corrected chi connectivity index (χ4v) is 1.33. The maximum absolute atomic E-state index is 4.65. The van der Waals surface area contributed by atoms with Crippen molar-refractivity contribution >= 4 is 0 Å². The van der Waals surface area contributed by atoms with Crippen LogP contribution in [-0.2, 0) is 5.41 Å². The monoisotopic (exact) mass is 206 g/mol. The molecule has 0 aliphatic rings. The van der Waals surface area contributed by atoms with Crippen LogP contribution in [0.15, 0.2) is 12.3 Å². The lowest BCUT2D eigenvalue weighted by Gasteiger charge is -2.20. The van der Waals surface area contributed by atoms with E-state index in [2.05, 4.69) is 51.5 Å². The molecular weight excluding hydrogens is 184 g/mol. The number of hydrogen-bond acceptors (Lipinski definition) is 2. The van der Waals surface area contributed by atoms with E-state index < -0.39 is 0 Å². The van der Waals surface area contributed by atoms with Gasteiger partial charge in [0, 0.05) is 23.2 Å². The van der Waals surface area contributed by atoms with Crippen LogP contribution >= 0.6 is 0 Å². The highest BCUT2D eigenvalue weighted by molar-refractivity contribution is 5.12. The van der Waals surface area contributed by atoms with Crippen LogP contribution < -0.4 is 0 Å². The van der Waals surface area contributed by atoms with Gasteiger partial charge in [-0.15, -0.1) is 0 Å². The van der Waals surface area contributed by atoms with E-state index in [1.807, 2.05) is 12.3 Å². The Morgan fingerprint density at radius 1 is 1.13 bits per heavy atom. The molecule has 1 atom stereocenters. The van der Waals surface area contributed by atoms with Crippen LogP contribution in [0.3, 0.4) is 0 Å². The highest BCUT2D eigenvalue weighted by atomic mass is 14.9. The summed E-state index contributed by atoms with van der Waals surface area (Å²) in [7, 11) is 0. The van der Waals surface area contributed by atoms with Crippen molar-refractivity contribution in [1.82, 2.24) is 9.97 Å². The van der Waals surface area contributed by atoms with Gasteiger partial charge < -0.3 is 0 Å². The first-order chi connectivity index (χ1) is 6.82. The average molecular weight is 206 g/mol. The van der Waals surface area contributed by atoms with Gasteiger partial charge in [-0.1, -0.05) is 41.5 Å². The molecule has 1 heterocycles. The molecule has 84 valence electrons. The summed E-state index contributed by atoms with van der Waals surface area (Å²) >= 11 is 0. The molecule has 0 radical (unpaired) electrons. The summed E-state index contributed by atoms with van der Waals surface area (Å²) in [6.07, 6.45) is 1.88. The van der Waals surface area contributed by atoms with Crippen molar-refractivity contribution in [3.8, 4) is 0 Å². The Balaban J connectivity index is 3.03. The molecule has 0 aliphatic carbocycles. The molecule has 0 aliphatic heterocycles. The van der Waals surface area contributed by atoms with E-state index in [1.165, 1.54) is 0 Å². The van der Waals surface area contributed by atoms with Crippen molar-refractivity contribution in [3.05, 3.63) is 23.8 Å². The molecule has 0 aromatic carbocycles. The molecule has 1 aromatic rings. The summed E-state index contributed by atoms with van der Waals surface area (Å²) < 4.78 is 0. The predicted molar refractivity (Wildman–Crippen MR) is 64.0 cm³/mol. The van der Waals surface area contributed by atoms with E-state index in [-0.39, 0.29) is 5.41 Å². The minimum atomic E-state index is 0.0344. The molecule has 0 N–H and O–H groups in total. The smallest absolute Gasteiger partial charge is 0.133 e. The van der Waals surface area contributed by atoms with Gasteiger partial charge in [0.1, 0.15) is 5.82 Å². The first-order valence-corrected chi connectivity index (χ1v) is 5.66. The SMILES string of the molecule is CC(C)C(C)c1ccnc(C(C)(C)C)n1. The second-order valence-electron chi connectivity index (χ2n) is 5.59. The van der Waals surface area contributed by atoms with Crippen molar-refractivity contribution < 1.29 is 0 Å². The third kappa shape index (κ3) is 3.01. The molecule has 0 spiro atoms. The van der Waals surface area contributed by atoms with Crippen molar-refractivity contribution in [3.63, 3.8) is 0 Å². The van der Waals surface area contributed by atoms with Crippen LogP contribution in [0.1, 0.15) is 59.0 Å². The van der Waals surface area contributed by atoms with Crippen molar-refractivity contribution in [1.29, 1.82) is 0 Å². The number of nitrogens with zero attached hydrogens (tertiary/aromatic N) is 2. The summed E-state index contributed by atoms with van der Waals surface area (Å²) in [5.41, 5.74) is 1.19. The van der Waals surface area contributed by atoms with Gasteiger partial charge in [-0.3, -0.25) is 0 Å². The van der Waals surface area contributed by atoms with Crippen LogP contribution in [0.5, 0.6) is 0 Å². The van der Waals surface area contributed by atoms with E-state index >= 15 is 0 Å².